The normalized spacial score (nSPS) is 23.6. The van der Waals surface area contributed by atoms with Crippen LogP contribution in [-0.2, 0) is 0 Å². The van der Waals surface area contributed by atoms with Gasteiger partial charge in [0, 0.05) is 5.92 Å². The van der Waals surface area contributed by atoms with Gasteiger partial charge in [0.2, 0.25) is 0 Å². The van der Waals surface area contributed by atoms with Gasteiger partial charge in [-0.2, -0.15) is 0 Å². The van der Waals surface area contributed by atoms with Gasteiger partial charge in [-0.15, -0.1) is 0 Å². The lowest BCUT2D eigenvalue weighted by Gasteiger charge is -2.35. The lowest BCUT2D eigenvalue weighted by atomic mass is 9.69. The van der Waals surface area contributed by atoms with Gasteiger partial charge in [-0.3, -0.25) is 0 Å². The summed E-state index contributed by atoms with van der Waals surface area (Å²) < 4.78 is 0. The molecule has 128 valence electrons. The van der Waals surface area contributed by atoms with E-state index in [0.717, 1.165) is 6.42 Å². The van der Waals surface area contributed by atoms with E-state index >= 15 is 0 Å². The first-order chi connectivity index (χ1) is 11.6. The monoisotopic (exact) mass is 320 g/mol. The highest BCUT2D eigenvalue weighted by molar-refractivity contribution is 5.42. The summed E-state index contributed by atoms with van der Waals surface area (Å²) in [5.74, 6) is 1.60. The SMILES string of the molecule is C=C/C(=C\C(C)CC)C1CCC(/C=C\C)=C(C)C1c1ccccc1. The average Bonchev–Trinajstić information content (AvgIpc) is 2.62. The van der Waals surface area contributed by atoms with E-state index in [1.165, 1.54) is 35.1 Å². The van der Waals surface area contributed by atoms with Crippen LogP contribution in [0.4, 0.5) is 0 Å². The molecule has 0 aliphatic heterocycles. The van der Waals surface area contributed by atoms with E-state index in [1.54, 1.807) is 0 Å². The summed E-state index contributed by atoms with van der Waals surface area (Å²) in [6.07, 6.45) is 12.6. The molecule has 1 aromatic carbocycles. The van der Waals surface area contributed by atoms with Gasteiger partial charge in [-0.1, -0.05) is 87.1 Å². The molecule has 0 bridgehead atoms. The second kappa shape index (κ2) is 8.87. The van der Waals surface area contributed by atoms with E-state index in [4.69, 9.17) is 0 Å². The Morgan fingerprint density at radius 1 is 1.29 bits per heavy atom. The average molecular weight is 321 g/mol. The molecule has 0 N–H and O–H groups in total. The van der Waals surface area contributed by atoms with Crippen molar-refractivity contribution in [1.82, 2.24) is 0 Å². The largest absolute Gasteiger partial charge is 0.0988 e. The molecule has 3 atom stereocenters. The maximum absolute atomic E-state index is 4.13. The van der Waals surface area contributed by atoms with Crippen molar-refractivity contribution >= 4 is 0 Å². The smallest absolute Gasteiger partial charge is 0.0120 e. The molecule has 24 heavy (non-hydrogen) atoms. The first-order valence-electron chi connectivity index (χ1n) is 9.33. The van der Waals surface area contributed by atoms with Crippen molar-refractivity contribution in [3.8, 4) is 0 Å². The van der Waals surface area contributed by atoms with Crippen LogP contribution in [0.1, 0.15) is 58.4 Å². The molecule has 0 amide bonds. The van der Waals surface area contributed by atoms with Crippen LogP contribution in [0.2, 0.25) is 0 Å². The fourth-order valence-corrected chi connectivity index (χ4v) is 3.88. The van der Waals surface area contributed by atoms with E-state index in [1.807, 2.05) is 0 Å². The summed E-state index contributed by atoms with van der Waals surface area (Å²) in [5.41, 5.74) is 5.89. The Morgan fingerprint density at radius 3 is 2.58 bits per heavy atom. The van der Waals surface area contributed by atoms with Gasteiger partial charge >= 0.3 is 0 Å². The predicted octanol–water partition coefficient (Wildman–Crippen LogP) is 7.23. The topological polar surface area (TPSA) is 0 Å². The molecular weight excluding hydrogens is 288 g/mol. The van der Waals surface area contributed by atoms with E-state index in [9.17, 15) is 0 Å². The predicted molar refractivity (Wildman–Crippen MR) is 107 cm³/mol. The second-order valence-corrected chi connectivity index (χ2v) is 7.00. The fraction of sp³-hybridized carbons (Fsp3) is 0.417. The minimum Gasteiger partial charge on any atom is -0.0988 e. The van der Waals surface area contributed by atoms with Gasteiger partial charge in [0.1, 0.15) is 0 Å². The van der Waals surface area contributed by atoms with Gasteiger partial charge in [0.05, 0.1) is 0 Å². The van der Waals surface area contributed by atoms with Gasteiger partial charge in [0.15, 0.2) is 0 Å². The second-order valence-electron chi connectivity index (χ2n) is 7.00. The Kier molecular flexibility index (Phi) is 6.85. The zero-order chi connectivity index (χ0) is 17.5. The molecule has 0 heterocycles. The van der Waals surface area contributed by atoms with Crippen LogP contribution >= 0.6 is 0 Å². The number of hydrogen-bond acceptors (Lipinski definition) is 0. The van der Waals surface area contributed by atoms with Crippen molar-refractivity contribution in [3.63, 3.8) is 0 Å². The maximum atomic E-state index is 4.13. The molecule has 0 heteroatoms. The van der Waals surface area contributed by atoms with Crippen LogP contribution in [0, 0.1) is 11.8 Å². The van der Waals surface area contributed by atoms with Crippen LogP contribution in [0.25, 0.3) is 0 Å². The van der Waals surface area contributed by atoms with Crippen molar-refractivity contribution in [2.75, 3.05) is 0 Å². The van der Waals surface area contributed by atoms with Gasteiger partial charge in [-0.25, -0.2) is 0 Å². The van der Waals surface area contributed by atoms with Crippen LogP contribution < -0.4 is 0 Å². The number of rotatable bonds is 6. The Hall–Kier alpha value is -1.82. The Labute approximate surface area is 148 Å². The van der Waals surface area contributed by atoms with E-state index < -0.39 is 0 Å². The summed E-state index contributed by atoms with van der Waals surface area (Å²) >= 11 is 0. The molecule has 0 aromatic heterocycles. The number of allylic oxidation sites excluding steroid dienone is 7. The fourth-order valence-electron chi connectivity index (χ4n) is 3.88. The molecule has 1 aliphatic rings. The van der Waals surface area contributed by atoms with Gasteiger partial charge < -0.3 is 0 Å². The molecule has 3 unspecified atom stereocenters. The first-order valence-corrected chi connectivity index (χ1v) is 9.33. The molecule has 0 radical (unpaired) electrons. The highest BCUT2D eigenvalue weighted by atomic mass is 14.3. The Morgan fingerprint density at radius 2 is 2.00 bits per heavy atom. The van der Waals surface area contributed by atoms with Crippen molar-refractivity contribution in [2.24, 2.45) is 11.8 Å². The summed E-state index contributed by atoms with van der Waals surface area (Å²) in [7, 11) is 0. The summed E-state index contributed by atoms with van der Waals surface area (Å²) in [6, 6.07) is 11.0. The Bertz CT molecular complexity index is 627. The van der Waals surface area contributed by atoms with Crippen molar-refractivity contribution in [1.29, 1.82) is 0 Å². The first kappa shape index (κ1) is 18.5. The molecule has 1 aliphatic carbocycles. The molecule has 0 nitrogen and oxygen atoms in total. The van der Waals surface area contributed by atoms with Gasteiger partial charge in [-0.05, 0) is 55.2 Å². The van der Waals surface area contributed by atoms with E-state index in [-0.39, 0.29) is 0 Å². The van der Waals surface area contributed by atoms with Crippen molar-refractivity contribution in [2.45, 2.75) is 52.9 Å². The third kappa shape index (κ3) is 4.17. The third-order valence-electron chi connectivity index (χ3n) is 5.41. The molecule has 0 saturated carbocycles. The highest BCUT2D eigenvalue weighted by Gasteiger charge is 2.31. The number of benzene rings is 1. The Balaban J connectivity index is 2.51. The molecule has 0 fully saturated rings. The minimum atomic E-state index is 0.458. The molecule has 0 saturated heterocycles. The molecule has 1 aromatic rings. The zero-order valence-corrected chi connectivity index (χ0v) is 15.8. The van der Waals surface area contributed by atoms with Crippen molar-refractivity contribution in [3.05, 3.63) is 83.5 Å². The quantitative estimate of drug-likeness (QED) is 0.485. The molecule has 0 spiro atoms. The lowest BCUT2D eigenvalue weighted by Crippen LogP contribution is -2.21. The molecular formula is C24H32. The van der Waals surface area contributed by atoms with Crippen LogP contribution in [0.15, 0.2) is 77.9 Å². The zero-order valence-electron chi connectivity index (χ0n) is 15.8. The minimum absolute atomic E-state index is 0.458. The van der Waals surface area contributed by atoms with Crippen LogP contribution in [0.5, 0.6) is 0 Å². The summed E-state index contributed by atoms with van der Waals surface area (Å²) in [5, 5.41) is 0. The van der Waals surface area contributed by atoms with Crippen LogP contribution in [0.3, 0.4) is 0 Å². The standard InChI is InChI=1S/C24H32/c1-6-12-21-15-16-23(20(8-3)17-18(4)7-2)24(19(21)5)22-13-10-9-11-14-22/h6,8-14,17-18,23-24H,3,7,15-16H2,1-2,4-5H3/b12-6-,20-17+. The third-order valence-corrected chi connectivity index (χ3v) is 5.41. The maximum Gasteiger partial charge on any atom is 0.0120 e. The van der Waals surface area contributed by atoms with Crippen LogP contribution in [-0.4, -0.2) is 0 Å². The number of hydrogen-bond donors (Lipinski definition) is 0. The molecule has 2 rings (SSSR count). The highest BCUT2D eigenvalue weighted by Crippen LogP contribution is 2.45. The van der Waals surface area contributed by atoms with E-state index in [2.05, 4.69) is 88.9 Å². The van der Waals surface area contributed by atoms with Gasteiger partial charge in [0.25, 0.3) is 0 Å². The summed E-state index contributed by atoms with van der Waals surface area (Å²) in [6.45, 7) is 13.1. The lowest BCUT2D eigenvalue weighted by molar-refractivity contribution is 0.468. The van der Waals surface area contributed by atoms with Crippen molar-refractivity contribution < 1.29 is 0 Å². The summed E-state index contributed by atoms with van der Waals surface area (Å²) in [4.78, 5) is 0. The van der Waals surface area contributed by atoms with E-state index in [0.29, 0.717) is 17.8 Å².